The van der Waals surface area contributed by atoms with Crippen LogP contribution in [0.2, 0.25) is 0 Å². The monoisotopic (exact) mass is 108 g/mol. The minimum Gasteiger partial charge on any atom is -0.0998 e. The van der Waals surface area contributed by atoms with E-state index in [0.717, 1.165) is 5.41 Å². The molecule has 0 atom stereocenters. The molecule has 2 fully saturated rings. The highest BCUT2D eigenvalue weighted by Crippen LogP contribution is 2.57. The summed E-state index contributed by atoms with van der Waals surface area (Å²) in [6, 6.07) is 0. The Bertz CT molecular complexity index is 119. The van der Waals surface area contributed by atoms with Crippen molar-refractivity contribution in [3.8, 4) is 0 Å². The molecule has 0 aromatic rings. The molecular weight excluding hydrogens is 96.1 g/mol. The summed E-state index contributed by atoms with van der Waals surface area (Å²) in [5.74, 6) is 0. The van der Waals surface area contributed by atoms with Crippen LogP contribution in [0.25, 0.3) is 0 Å². The van der Waals surface area contributed by atoms with E-state index in [1.807, 2.05) is 0 Å². The molecule has 2 aliphatic rings. The maximum absolute atomic E-state index is 3.94. The zero-order valence-electron chi connectivity index (χ0n) is 5.24. The van der Waals surface area contributed by atoms with Gasteiger partial charge in [0.05, 0.1) is 0 Å². The van der Waals surface area contributed by atoms with E-state index >= 15 is 0 Å². The Morgan fingerprint density at radius 2 is 1.88 bits per heavy atom. The van der Waals surface area contributed by atoms with E-state index in [1.165, 1.54) is 37.7 Å². The van der Waals surface area contributed by atoms with Crippen molar-refractivity contribution in [3.05, 3.63) is 12.2 Å². The van der Waals surface area contributed by atoms with Crippen LogP contribution in [-0.4, -0.2) is 0 Å². The fourth-order valence-corrected chi connectivity index (χ4v) is 2.04. The first-order chi connectivity index (χ1) is 3.81. The fraction of sp³-hybridized carbons (Fsp3) is 0.750. The van der Waals surface area contributed by atoms with Crippen molar-refractivity contribution < 1.29 is 0 Å². The van der Waals surface area contributed by atoms with Crippen LogP contribution < -0.4 is 0 Å². The maximum atomic E-state index is 3.94. The molecule has 0 radical (unpaired) electrons. The number of allylic oxidation sites excluding steroid dienone is 1. The summed E-state index contributed by atoms with van der Waals surface area (Å²) < 4.78 is 0. The van der Waals surface area contributed by atoms with Gasteiger partial charge < -0.3 is 0 Å². The van der Waals surface area contributed by atoms with Gasteiger partial charge in [-0.1, -0.05) is 18.6 Å². The summed E-state index contributed by atoms with van der Waals surface area (Å²) in [4.78, 5) is 0. The van der Waals surface area contributed by atoms with Gasteiger partial charge in [0.15, 0.2) is 0 Å². The zero-order valence-corrected chi connectivity index (χ0v) is 5.24. The van der Waals surface area contributed by atoms with Crippen LogP contribution in [0.15, 0.2) is 12.2 Å². The Labute approximate surface area is 50.6 Å². The third-order valence-electron chi connectivity index (χ3n) is 2.66. The largest absolute Gasteiger partial charge is 0.0998 e. The molecule has 0 aliphatic heterocycles. The lowest BCUT2D eigenvalue weighted by Gasteiger charge is -2.50. The molecule has 0 bridgehead atoms. The summed E-state index contributed by atoms with van der Waals surface area (Å²) in [5, 5.41) is 0. The number of hydrogen-bond acceptors (Lipinski definition) is 0. The van der Waals surface area contributed by atoms with Crippen LogP contribution in [0, 0.1) is 5.41 Å². The van der Waals surface area contributed by atoms with E-state index in [9.17, 15) is 0 Å². The molecular formula is C8H12. The second-order valence-electron chi connectivity index (χ2n) is 3.46. The van der Waals surface area contributed by atoms with Gasteiger partial charge in [0.25, 0.3) is 0 Å². The molecule has 0 aromatic heterocycles. The van der Waals surface area contributed by atoms with Crippen LogP contribution in [-0.2, 0) is 0 Å². The lowest BCUT2D eigenvalue weighted by Crippen LogP contribution is -2.37. The lowest BCUT2D eigenvalue weighted by atomic mass is 9.54. The SMILES string of the molecule is C=C1CC2(CCC2)C1. The van der Waals surface area contributed by atoms with Crippen LogP contribution in [0.5, 0.6) is 0 Å². The smallest absolute Gasteiger partial charge is 0.0223 e. The summed E-state index contributed by atoms with van der Waals surface area (Å²) in [6.45, 7) is 3.94. The van der Waals surface area contributed by atoms with Gasteiger partial charge >= 0.3 is 0 Å². The highest BCUT2D eigenvalue weighted by molar-refractivity contribution is 5.17. The van der Waals surface area contributed by atoms with Crippen molar-refractivity contribution in [2.45, 2.75) is 32.1 Å². The molecule has 0 saturated heterocycles. The van der Waals surface area contributed by atoms with E-state index in [4.69, 9.17) is 0 Å². The van der Waals surface area contributed by atoms with Crippen molar-refractivity contribution in [3.63, 3.8) is 0 Å². The second-order valence-corrected chi connectivity index (χ2v) is 3.46. The minimum absolute atomic E-state index is 0.817. The normalized spacial score (nSPS) is 31.8. The van der Waals surface area contributed by atoms with Gasteiger partial charge in [-0.25, -0.2) is 0 Å². The van der Waals surface area contributed by atoms with Crippen molar-refractivity contribution in [1.29, 1.82) is 0 Å². The van der Waals surface area contributed by atoms with Gasteiger partial charge in [-0.05, 0) is 31.1 Å². The molecule has 2 aliphatic carbocycles. The Morgan fingerprint density at radius 3 is 2.00 bits per heavy atom. The van der Waals surface area contributed by atoms with E-state index in [1.54, 1.807) is 0 Å². The quantitative estimate of drug-likeness (QED) is 0.418. The van der Waals surface area contributed by atoms with Crippen molar-refractivity contribution in [1.82, 2.24) is 0 Å². The number of hydrogen-bond donors (Lipinski definition) is 0. The molecule has 0 heteroatoms. The molecule has 2 saturated carbocycles. The van der Waals surface area contributed by atoms with Crippen LogP contribution in [0.3, 0.4) is 0 Å². The van der Waals surface area contributed by atoms with E-state index in [0.29, 0.717) is 0 Å². The molecule has 0 heterocycles. The third kappa shape index (κ3) is 0.410. The van der Waals surface area contributed by atoms with Crippen molar-refractivity contribution in [2.24, 2.45) is 5.41 Å². The highest BCUT2D eigenvalue weighted by atomic mass is 14.5. The molecule has 44 valence electrons. The van der Waals surface area contributed by atoms with Gasteiger partial charge in [0, 0.05) is 0 Å². The topological polar surface area (TPSA) is 0 Å². The van der Waals surface area contributed by atoms with Crippen LogP contribution >= 0.6 is 0 Å². The molecule has 0 N–H and O–H groups in total. The molecule has 1 spiro atoms. The molecule has 0 amide bonds. The van der Waals surface area contributed by atoms with Crippen molar-refractivity contribution in [2.75, 3.05) is 0 Å². The summed E-state index contributed by atoms with van der Waals surface area (Å²) in [6.07, 6.45) is 7.17. The molecule has 0 aromatic carbocycles. The van der Waals surface area contributed by atoms with Gasteiger partial charge in [-0.15, -0.1) is 0 Å². The molecule has 2 rings (SSSR count). The minimum atomic E-state index is 0.817. The van der Waals surface area contributed by atoms with E-state index < -0.39 is 0 Å². The van der Waals surface area contributed by atoms with Gasteiger partial charge in [-0.3, -0.25) is 0 Å². The van der Waals surface area contributed by atoms with Crippen molar-refractivity contribution >= 4 is 0 Å². The standard InChI is InChI=1S/C8H12/c1-7-5-8(6-7)3-2-4-8/h1-6H2. The molecule has 0 nitrogen and oxygen atoms in total. The highest BCUT2D eigenvalue weighted by Gasteiger charge is 2.43. The predicted octanol–water partition coefficient (Wildman–Crippen LogP) is 2.51. The first-order valence-electron chi connectivity index (χ1n) is 3.47. The average molecular weight is 108 g/mol. The Kier molecular flexibility index (Phi) is 0.677. The van der Waals surface area contributed by atoms with Gasteiger partial charge in [0.1, 0.15) is 0 Å². The van der Waals surface area contributed by atoms with E-state index in [2.05, 4.69) is 6.58 Å². The van der Waals surface area contributed by atoms with E-state index in [-0.39, 0.29) is 0 Å². The van der Waals surface area contributed by atoms with Crippen LogP contribution in [0.1, 0.15) is 32.1 Å². The van der Waals surface area contributed by atoms with Gasteiger partial charge in [-0.2, -0.15) is 0 Å². The Morgan fingerprint density at radius 1 is 1.25 bits per heavy atom. The number of rotatable bonds is 0. The summed E-state index contributed by atoms with van der Waals surface area (Å²) >= 11 is 0. The van der Waals surface area contributed by atoms with Gasteiger partial charge in [0.2, 0.25) is 0 Å². The molecule has 0 unspecified atom stereocenters. The Hall–Kier alpha value is -0.260. The zero-order chi connectivity index (χ0) is 5.61. The predicted molar refractivity (Wildman–Crippen MR) is 34.7 cm³/mol. The third-order valence-corrected chi connectivity index (χ3v) is 2.66. The fourth-order valence-electron chi connectivity index (χ4n) is 2.04. The maximum Gasteiger partial charge on any atom is -0.0223 e. The first-order valence-corrected chi connectivity index (χ1v) is 3.47. The Balaban J connectivity index is 2.01. The van der Waals surface area contributed by atoms with Crippen LogP contribution in [0.4, 0.5) is 0 Å². The summed E-state index contributed by atoms with van der Waals surface area (Å²) in [7, 11) is 0. The summed E-state index contributed by atoms with van der Waals surface area (Å²) in [5.41, 5.74) is 2.31. The average Bonchev–Trinajstić information content (AvgIpc) is 1.51. The lowest BCUT2D eigenvalue weighted by molar-refractivity contribution is 0.0812. The molecule has 8 heavy (non-hydrogen) atoms. The first kappa shape index (κ1) is 4.60. The second kappa shape index (κ2) is 1.18.